The van der Waals surface area contributed by atoms with E-state index < -0.39 is 19.7 Å². The van der Waals surface area contributed by atoms with E-state index in [1.165, 1.54) is 4.72 Å². The van der Waals surface area contributed by atoms with Crippen LogP contribution in [0.15, 0.2) is 0 Å². The molecular formula is C3H8NNaO5S. The van der Waals surface area contributed by atoms with Gasteiger partial charge in [-0.05, 0) is 0 Å². The van der Waals surface area contributed by atoms with Crippen molar-refractivity contribution in [3.63, 3.8) is 0 Å². The Hall–Kier alpha value is 0.790. The monoisotopic (exact) mass is 193 g/mol. The first-order chi connectivity index (χ1) is 4.87. The molecule has 0 radical (unpaired) electrons. The van der Waals surface area contributed by atoms with E-state index in [1.807, 2.05) is 0 Å². The summed E-state index contributed by atoms with van der Waals surface area (Å²) in [5, 5.41) is 17.3. The topological polar surface area (TPSA) is 107 Å². The normalized spacial score (nSPS) is 17.9. The summed E-state index contributed by atoms with van der Waals surface area (Å²) in [7, 11) is -4.37. The molecule has 0 amide bonds. The van der Waals surface area contributed by atoms with E-state index in [1.54, 1.807) is 0 Å². The Labute approximate surface area is 81.9 Å². The van der Waals surface area contributed by atoms with E-state index >= 15 is 0 Å². The van der Waals surface area contributed by atoms with Crippen molar-refractivity contribution in [2.45, 2.75) is 9.40 Å². The maximum absolute atomic E-state index is 10.1. The van der Waals surface area contributed by atoms with Crippen LogP contribution < -0.4 is 4.72 Å². The molecule has 0 aliphatic carbocycles. The molecular weight excluding hydrogens is 185 g/mol. The van der Waals surface area contributed by atoms with E-state index in [2.05, 4.69) is 0 Å². The van der Waals surface area contributed by atoms with Crippen molar-refractivity contribution in [3.8, 4) is 0 Å². The first kappa shape index (κ1) is 11.8. The van der Waals surface area contributed by atoms with Gasteiger partial charge < -0.3 is 0 Å². The molecule has 11 heavy (non-hydrogen) atoms. The molecule has 0 aromatic heterocycles. The SMILES string of the molecule is O=S(=O)(O)NC(O)[CH]([Na])CO. The molecule has 4 N–H and O–H groups in total. The molecule has 0 aliphatic rings. The minimum atomic E-state index is -4.37. The van der Waals surface area contributed by atoms with Crippen LogP contribution in [0.2, 0.25) is 3.17 Å². The zero-order valence-electron chi connectivity index (χ0n) is 5.93. The Kier molecular flexibility index (Phi) is 5.07. The summed E-state index contributed by atoms with van der Waals surface area (Å²) in [6, 6.07) is 0. The number of hydrogen-bond acceptors (Lipinski definition) is 4. The molecule has 0 aromatic carbocycles. The van der Waals surface area contributed by atoms with E-state index in [0.29, 0.717) is 27.9 Å². The summed E-state index contributed by atoms with van der Waals surface area (Å²) in [5.74, 6) is 0. The van der Waals surface area contributed by atoms with Crippen molar-refractivity contribution in [2.24, 2.45) is 0 Å². The Morgan fingerprint density at radius 2 is 2.00 bits per heavy atom. The van der Waals surface area contributed by atoms with Crippen molar-refractivity contribution >= 4 is 38.2 Å². The van der Waals surface area contributed by atoms with Crippen molar-refractivity contribution in [2.75, 3.05) is 6.61 Å². The summed E-state index contributed by atoms with van der Waals surface area (Å²) in [5.41, 5.74) is 0. The first-order valence-corrected chi connectivity index (χ1v) is 5.50. The Morgan fingerprint density at radius 1 is 1.55 bits per heavy atom. The zero-order valence-corrected chi connectivity index (χ0v) is 8.74. The van der Waals surface area contributed by atoms with Crippen LogP contribution in [0.1, 0.15) is 0 Å². The number of aliphatic hydroxyl groups is 2. The van der Waals surface area contributed by atoms with Crippen LogP contribution in [0.5, 0.6) is 0 Å². The number of rotatable bonds is 4. The summed E-state index contributed by atoms with van der Waals surface area (Å²) in [4.78, 5) is 0. The molecule has 0 bridgehead atoms. The maximum atomic E-state index is 10.1. The van der Waals surface area contributed by atoms with Crippen LogP contribution in [-0.2, 0) is 10.3 Å². The van der Waals surface area contributed by atoms with Crippen molar-refractivity contribution in [1.82, 2.24) is 4.72 Å². The molecule has 0 saturated carbocycles. The molecule has 0 saturated heterocycles. The van der Waals surface area contributed by atoms with Gasteiger partial charge in [-0.2, -0.15) is 0 Å². The third-order valence-electron chi connectivity index (χ3n) is 1.10. The summed E-state index contributed by atoms with van der Waals surface area (Å²) >= 11 is 0.429. The van der Waals surface area contributed by atoms with E-state index in [4.69, 9.17) is 14.8 Å². The summed E-state index contributed by atoms with van der Waals surface area (Å²) in [6.45, 7) is -0.310. The van der Waals surface area contributed by atoms with Gasteiger partial charge in [0.15, 0.2) is 0 Å². The number of aliphatic hydroxyl groups excluding tert-OH is 2. The molecule has 2 unspecified atom stereocenters. The predicted octanol–water partition coefficient (Wildman–Crippen LogP) is -2.35. The van der Waals surface area contributed by atoms with Gasteiger partial charge in [0.25, 0.3) is 0 Å². The first-order valence-electron chi connectivity index (χ1n) is 2.90. The average molecular weight is 193 g/mol. The summed E-state index contributed by atoms with van der Waals surface area (Å²) in [6.07, 6.45) is -1.40. The van der Waals surface area contributed by atoms with Crippen molar-refractivity contribution in [3.05, 3.63) is 0 Å². The van der Waals surface area contributed by atoms with Crippen LogP contribution in [0, 0.1) is 0 Å². The molecule has 8 heteroatoms. The van der Waals surface area contributed by atoms with Gasteiger partial charge in [-0.15, -0.1) is 0 Å². The molecule has 6 nitrogen and oxygen atoms in total. The fraction of sp³-hybridized carbons (Fsp3) is 1.00. The van der Waals surface area contributed by atoms with Crippen LogP contribution in [0.4, 0.5) is 0 Å². The third kappa shape index (κ3) is 6.00. The minimum absolute atomic E-state index is 0.310. The van der Waals surface area contributed by atoms with Gasteiger partial charge in [-0.25, -0.2) is 0 Å². The van der Waals surface area contributed by atoms with Gasteiger partial charge in [-0.3, -0.25) is 0 Å². The quantitative estimate of drug-likeness (QED) is 0.227. The Balaban J connectivity index is 3.98. The van der Waals surface area contributed by atoms with Gasteiger partial charge in [0, 0.05) is 0 Å². The molecule has 2 atom stereocenters. The standard InChI is InChI=1S/C3H8NO5S.Na/c5-2-1-3(6)4-10(7,8)9;/h1,3-6H,2H2,(H,7,8,9);. The Morgan fingerprint density at radius 3 is 2.27 bits per heavy atom. The van der Waals surface area contributed by atoms with Gasteiger partial charge in [0.2, 0.25) is 0 Å². The molecule has 0 aromatic rings. The molecule has 0 heterocycles. The fourth-order valence-corrected chi connectivity index (χ4v) is 1.31. The van der Waals surface area contributed by atoms with Gasteiger partial charge in [0.05, 0.1) is 0 Å². The van der Waals surface area contributed by atoms with Crippen LogP contribution in [0.25, 0.3) is 0 Å². The number of hydrogen-bond donors (Lipinski definition) is 4. The molecule has 0 aliphatic heterocycles. The van der Waals surface area contributed by atoms with Crippen LogP contribution in [-0.4, -0.2) is 63.9 Å². The van der Waals surface area contributed by atoms with E-state index in [9.17, 15) is 8.42 Å². The molecule has 0 fully saturated rings. The van der Waals surface area contributed by atoms with Crippen LogP contribution in [0.3, 0.4) is 0 Å². The molecule has 0 spiro atoms. The van der Waals surface area contributed by atoms with E-state index in [0.717, 1.165) is 0 Å². The third-order valence-corrected chi connectivity index (χ3v) is 2.63. The van der Waals surface area contributed by atoms with Crippen molar-refractivity contribution < 1.29 is 23.2 Å². The predicted molar refractivity (Wildman–Crippen MR) is 37.3 cm³/mol. The van der Waals surface area contributed by atoms with Crippen LogP contribution >= 0.6 is 0 Å². The van der Waals surface area contributed by atoms with E-state index in [-0.39, 0.29) is 6.61 Å². The van der Waals surface area contributed by atoms with Gasteiger partial charge >= 0.3 is 82.1 Å². The number of nitrogens with one attached hydrogen (secondary N) is 1. The molecule has 0 rings (SSSR count). The zero-order chi connectivity index (χ0) is 9.07. The Bertz CT molecular complexity index is 204. The second kappa shape index (κ2) is 4.73. The summed E-state index contributed by atoms with van der Waals surface area (Å²) < 4.78 is 29.3. The second-order valence-electron chi connectivity index (χ2n) is 2.20. The van der Waals surface area contributed by atoms with Gasteiger partial charge in [-0.1, -0.05) is 0 Å². The fourth-order valence-electron chi connectivity index (χ4n) is 0.369. The second-order valence-corrected chi connectivity index (χ2v) is 4.87. The van der Waals surface area contributed by atoms with Crippen molar-refractivity contribution in [1.29, 1.82) is 0 Å². The van der Waals surface area contributed by atoms with Gasteiger partial charge in [0.1, 0.15) is 0 Å². The molecule has 62 valence electrons. The average Bonchev–Trinajstić information content (AvgIpc) is 1.82.